The van der Waals surface area contributed by atoms with E-state index in [4.69, 9.17) is 13.9 Å². The van der Waals surface area contributed by atoms with Gasteiger partial charge in [-0.05, 0) is 29.6 Å². The SMILES string of the molecule is O=C(Cc1cccs1)Nc1nnc(SCc2nnc(-c3ccc4c(c3)OCO4)o2)s1. The Morgan fingerprint density at radius 1 is 1.13 bits per heavy atom. The number of thioether (sulfide) groups is 1. The molecule has 0 aliphatic carbocycles. The van der Waals surface area contributed by atoms with Crippen molar-refractivity contribution in [1.29, 1.82) is 0 Å². The number of benzene rings is 1. The molecule has 4 aromatic rings. The van der Waals surface area contributed by atoms with E-state index in [0.29, 0.717) is 44.9 Å². The number of anilines is 1. The van der Waals surface area contributed by atoms with Crippen LogP contribution in [0.5, 0.6) is 11.5 Å². The number of carbonyl (C=O) groups is 1. The van der Waals surface area contributed by atoms with Crippen LogP contribution < -0.4 is 14.8 Å². The minimum absolute atomic E-state index is 0.115. The molecule has 1 aromatic carbocycles. The van der Waals surface area contributed by atoms with Crippen LogP contribution in [0.3, 0.4) is 0 Å². The molecule has 0 atom stereocenters. The largest absolute Gasteiger partial charge is 0.454 e. The number of ether oxygens (including phenoxy) is 2. The highest BCUT2D eigenvalue weighted by atomic mass is 32.2. The van der Waals surface area contributed by atoms with E-state index in [1.165, 1.54) is 23.1 Å². The Hall–Kier alpha value is -2.96. The molecule has 1 aliphatic heterocycles. The van der Waals surface area contributed by atoms with Gasteiger partial charge in [0.25, 0.3) is 0 Å². The van der Waals surface area contributed by atoms with Crippen LogP contribution in [0.4, 0.5) is 5.13 Å². The number of hydrogen-bond acceptors (Lipinski definition) is 11. The highest BCUT2D eigenvalue weighted by Gasteiger charge is 2.17. The molecule has 12 heteroatoms. The minimum atomic E-state index is -0.115. The molecule has 1 N–H and O–H groups in total. The van der Waals surface area contributed by atoms with E-state index < -0.39 is 0 Å². The lowest BCUT2D eigenvalue weighted by Gasteiger charge is -1.98. The van der Waals surface area contributed by atoms with E-state index in [-0.39, 0.29) is 12.7 Å². The van der Waals surface area contributed by atoms with Gasteiger partial charge in [0.2, 0.25) is 29.6 Å². The van der Waals surface area contributed by atoms with Crippen LogP contribution >= 0.6 is 34.4 Å². The Kier molecular flexibility index (Phi) is 5.34. The summed E-state index contributed by atoms with van der Waals surface area (Å²) in [7, 11) is 0. The number of amides is 1. The Morgan fingerprint density at radius 3 is 2.97 bits per heavy atom. The number of fused-ring (bicyclic) bond motifs is 1. The van der Waals surface area contributed by atoms with Crippen molar-refractivity contribution in [2.75, 3.05) is 12.1 Å². The normalized spacial score (nSPS) is 12.3. The van der Waals surface area contributed by atoms with Gasteiger partial charge in [-0.2, -0.15) is 0 Å². The maximum Gasteiger partial charge on any atom is 0.247 e. The molecule has 4 heterocycles. The number of carbonyl (C=O) groups excluding carboxylic acids is 1. The molecule has 3 aromatic heterocycles. The zero-order chi connectivity index (χ0) is 20.3. The maximum atomic E-state index is 12.1. The first-order chi connectivity index (χ1) is 14.7. The van der Waals surface area contributed by atoms with E-state index >= 15 is 0 Å². The van der Waals surface area contributed by atoms with Crippen LogP contribution in [0.25, 0.3) is 11.5 Å². The van der Waals surface area contributed by atoms with Gasteiger partial charge >= 0.3 is 0 Å². The fourth-order valence-electron chi connectivity index (χ4n) is 2.64. The highest BCUT2D eigenvalue weighted by Crippen LogP contribution is 2.36. The molecular formula is C18H13N5O4S3. The van der Waals surface area contributed by atoms with Gasteiger partial charge in [-0.1, -0.05) is 29.2 Å². The van der Waals surface area contributed by atoms with E-state index in [0.717, 1.165) is 10.4 Å². The van der Waals surface area contributed by atoms with Gasteiger partial charge < -0.3 is 19.2 Å². The minimum Gasteiger partial charge on any atom is -0.454 e. The van der Waals surface area contributed by atoms with Crippen LogP contribution in [0.1, 0.15) is 10.8 Å². The zero-order valence-electron chi connectivity index (χ0n) is 15.2. The molecule has 0 radical (unpaired) electrons. The third-order valence-electron chi connectivity index (χ3n) is 3.97. The smallest absolute Gasteiger partial charge is 0.247 e. The lowest BCUT2D eigenvalue weighted by atomic mass is 10.2. The number of hydrogen-bond donors (Lipinski definition) is 1. The summed E-state index contributed by atoms with van der Waals surface area (Å²) in [6, 6.07) is 9.30. The highest BCUT2D eigenvalue weighted by molar-refractivity contribution is 8.00. The summed E-state index contributed by atoms with van der Waals surface area (Å²) >= 11 is 4.26. The molecule has 0 unspecified atom stereocenters. The van der Waals surface area contributed by atoms with Gasteiger partial charge in [0.05, 0.1) is 12.2 Å². The summed E-state index contributed by atoms with van der Waals surface area (Å²) in [4.78, 5) is 13.1. The quantitative estimate of drug-likeness (QED) is 0.325. The van der Waals surface area contributed by atoms with Crippen molar-refractivity contribution >= 4 is 45.5 Å². The topological polar surface area (TPSA) is 112 Å². The first-order valence-corrected chi connectivity index (χ1v) is 11.4. The molecular weight excluding hydrogens is 446 g/mol. The molecule has 0 saturated carbocycles. The first kappa shape index (κ1) is 19.0. The van der Waals surface area contributed by atoms with Gasteiger partial charge in [-0.15, -0.1) is 31.7 Å². The summed E-state index contributed by atoms with van der Waals surface area (Å²) in [6.45, 7) is 0.211. The Bertz CT molecular complexity index is 1170. The Morgan fingerprint density at radius 2 is 2.07 bits per heavy atom. The molecule has 5 rings (SSSR count). The van der Waals surface area contributed by atoms with Crippen molar-refractivity contribution in [2.24, 2.45) is 0 Å². The van der Waals surface area contributed by atoms with Crippen molar-refractivity contribution in [2.45, 2.75) is 16.5 Å². The van der Waals surface area contributed by atoms with E-state index in [1.54, 1.807) is 11.3 Å². The number of nitrogens with one attached hydrogen (secondary N) is 1. The summed E-state index contributed by atoms with van der Waals surface area (Å²) in [5.74, 6) is 2.55. The molecule has 0 bridgehead atoms. The number of aromatic nitrogens is 4. The van der Waals surface area contributed by atoms with Crippen molar-refractivity contribution in [1.82, 2.24) is 20.4 Å². The first-order valence-electron chi connectivity index (χ1n) is 8.74. The van der Waals surface area contributed by atoms with Crippen LogP contribution in [0, 0.1) is 0 Å². The van der Waals surface area contributed by atoms with Crippen molar-refractivity contribution in [3.05, 3.63) is 46.5 Å². The van der Waals surface area contributed by atoms with Gasteiger partial charge in [0.1, 0.15) is 0 Å². The van der Waals surface area contributed by atoms with E-state index in [2.05, 4.69) is 25.7 Å². The van der Waals surface area contributed by atoms with Crippen molar-refractivity contribution < 1.29 is 18.7 Å². The molecule has 1 amide bonds. The fourth-order valence-corrected chi connectivity index (χ4v) is 4.94. The number of nitrogens with zero attached hydrogens (tertiary/aromatic N) is 4. The van der Waals surface area contributed by atoms with Gasteiger partial charge in [-0.25, -0.2) is 0 Å². The number of rotatable bonds is 7. The standard InChI is InChI=1S/C18H13N5O4S3/c24-14(7-11-2-1-5-28-11)19-17-22-23-18(30-17)29-8-15-20-21-16(27-15)10-3-4-12-13(6-10)26-9-25-12/h1-6H,7-9H2,(H,19,22,24). The number of thiophene rings is 1. The van der Waals surface area contributed by atoms with Gasteiger partial charge in [0.15, 0.2) is 15.8 Å². The maximum absolute atomic E-state index is 12.1. The summed E-state index contributed by atoms with van der Waals surface area (Å²) in [6.07, 6.45) is 0.324. The van der Waals surface area contributed by atoms with Crippen molar-refractivity contribution in [3.63, 3.8) is 0 Å². The molecule has 0 saturated heterocycles. The van der Waals surface area contributed by atoms with Crippen LogP contribution in [-0.4, -0.2) is 33.1 Å². The second kappa shape index (κ2) is 8.42. The third-order valence-corrected chi connectivity index (χ3v) is 6.81. The zero-order valence-corrected chi connectivity index (χ0v) is 17.7. The molecule has 30 heavy (non-hydrogen) atoms. The molecule has 0 spiro atoms. The summed E-state index contributed by atoms with van der Waals surface area (Å²) < 4.78 is 17.1. The van der Waals surface area contributed by atoms with E-state index in [9.17, 15) is 4.79 Å². The predicted octanol–water partition coefficient (Wildman–Crippen LogP) is 3.85. The van der Waals surface area contributed by atoms with E-state index in [1.807, 2.05) is 35.7 Å². The Labute approximate surface area is 182 Å². The van der Waals surface area contributed by atoms with Crippen LogP contribution in [0.15, 0.2) is 44.5 Å². The van der Waals surface area contributed by atoms with Crippen LogP contribution in [-0.2, 0) is 17.0 Å². The van der Waals surface area contributed by atoms with Gasteiger partial charge in [-0.3, -0.25) is 4.79 Å². The monoisotopic (exact) mass is 459 g/mol. The predicted molar refractivity (Wildman–Crippen MR) is 112 cm³/mol. The second-order valence-electron chi connectivity index (χ2n) is 6.04. The molecule has 152 valence electrons. The Balaban J connectivity index is 1.17. The lowest BCUT2D eigenvalue weighted by Crippen LogP contribution is -2.13. The average molecular weight is 460 g/mol. The molecule has 0 fully saturated rings. The second-order valence-corrected chi connectivity index (χ2v) is 9.27. The fraction of sp³-hybridized carbons (Fsp3) is 0.167. The lowest BCUT2D eigenvalue weighted by molar-refractivity contribution is -0.115. The molecule has 9 nitrogen and oxygen atoms in total. The summed E-state index contributed by atoms with van der Waals surface area (Å²) in [5.41, 5.74) is 0.759. The summed E-state index contributed by atoms with van der Waals surface area (Å²) in [5, 5.41) is 21.4. The molecule has 1 aliphatic rings. The van der Waals surface area contributed by atoms with Crippen molar-refractivity contribution in [3.8, 4) is 23.0 Å². The van der Waals surface area contributed by atoms with Crippen LogP contribution in [0.2, 0.25) is 0 Å². The van der Waals surface area contributed by atoms with Gasteiger partial charge in [0, 0.05) is 10.4 Å². The third kappa shape index (κ3) is 4.30. The average Bonchev–Trinajstić information content (AvgIpc) is 3.52.